The molecule has 2 rings (SSSR count). The summed E-state index contributed by atoms with van der Waals surface area (Å²) in [5, 5.41) is 6.11. The predicted octanol–water partition coefficient (Wildman–Crippen LogP) is 0.0336. The van der Waals surface area contributed by atoms with Crippen LogP contribution in [0.15, 0.2) is 0 Å². The molecule has 2 fully saturated rings. The van der Waals surface area contributed by atoms with Crippen LogP contribution in [0.1, 0.15) is 25.7 Å². The van der Waals surface area contributed by atoms with E-state index in [1.807, 2.05) is 0 Å². The van der Waals surface area contributed by atoms with Crippen molar-refractivity contribution < 1.29 is 9.53 Å². The molecule has 80 valence electrons. The van der Waals surface area contributed by atoms with Crippen LogP contribution in [-0.2, 0) is 9.53 Å². The predicted molar refractivity (Wildman–Crippen MR) is 53.0 cm³/mol. The van der Waals surface area contributed by atoms with Gasteiger partial charge >= 0.3 is 0 Å². The number of rotatable bonds is 4. The van der Waals surface area contributed by atoms with Gasteiger partial charge in [-0.3, -0.25) is 4.79 Å². The second-order valence-electron chi connectivity index (χ2n) is 4.10. The van der Waals surface area contributed by atoms with Gasteiger partial charge in [-0.15, -0.1) is 0 Å². The molecule has 0 aromatic rings. The van der Waals surface area contributed by atoms with Crippen molar-refractivity contribution in [3.63, 3.8) is 0 Å². The molecule has 0 aliphatic carbocycles. The molecule has 1 unspecified atom stereocenters. The summed E-state index contributed by atoms with van der Waals surface area (Å²) in [6.45, 7) is 2.72. The molecule has 14 heavy (non-hydrogen) atoms. The van der Waals surface area contributed by atoms with E-state index in [0.717, 1.165) is 39.0 Å². The first kappa shape index (κ1) is 9.93. The van der Waals surface area contributed by atoms with E-state index < -0.39 is 0 Å². The summed E-state index contributed by atoms with van der Waals surface area (Å²) in [6, 6.07) is 0.368. The highest BCUT2D eigenvalue weighted by Crippen LogP contribution is 2.16. The van der Waals surface area contributed by atoms with Crippen LogP contribution < -0.4 is 10.6 Å². The minimum absolute atomic E-state index is 0.173. The lowest BCUT2D eigenvalue weighted by atomic mass is 10.1. The fourth-order valence-corrected chi connectivity index (χ4v) is 1.85. The Bertz CT molecular complexity index is 198. The van der Waals surface area contributed by atoms with Gasteiger partial charge in [0, 0.05) is 26.1 Å². The van der Waals surface area contributed by atoms with Crippen LogP contribution in [-0.4, -0.2) is 37.7 Å². The highest BCUT2D eigenvalue weighted by Gasteiger charge is 2.20. The van der Waals surface area contributed by atoms with E-state index in [9.17, 15) is 4.79 Å². The number of carbonyl (C=O) groups is 1. The third-order valence-electron chi connectivity index (χ3n) is 2.86. The van der Waals surface area contributed by atoms with E-state index in [1.165, 1.54) is 0 Å². The van der Waals surface area contributed by atoms with Crippen molar-refractivity contribution >= 4 is 5.91 Å². The monoisotopic (exact) mass is 198 g/mol. The van der Waals surface area contributed by atoms with Gasteiger partial charge < -0.3 is 15.4 Å². The van der Waals surface area contributed by atoms with Gasteiger partial charge in [0.15, 0.2) is 0 Å². The van der Waals surface area contributed by atoms with Crippen molar-refractivity contribution in [2.45, 2.75) is 37.8 Å². The molecule has 2 heterocycles. The molecule has 0 spiro atoms. The Hall–Kier alpha value is -0.610. The normalized spacial score (nSPS) is 27.3. The molecule has 0 radical (unpaired) electrons. The lowest BCUT2D eigenvalue weighted by Gasteiger charge is -2.28. The standard InChI is InChI=1S/C10H18N2O2/c13-10(12-8-6-11-7-8)4-3-9-2-1-5-14-9/h8-9,11H,1-7H2,(H,12,13). The van der Waals surface area contributed by atoms with Crippen molar-refractivity contribution in [3.05, 3.63) is 0 Å². The van der Waals surface area contributed by atoms with Gasteiger partial charge in [-0.05, 0) is 19.3 Å². The Kier molecular flexibility index (Phi) is 3.37. The Labute approximate surface area is 84.4 Å². The Morgan fingerprint density at radius 1 is 1.50 bits per heavy atom. The number of nitrogens with one attached hydrogen (secondary N) is 2. The molecule has 2 saturated heterocycles. The largest absolute Gasteiger partial charge is 0.378 e. The summed E-state index contributed by atoms with van der Waals surface area (Å²) in [5.41, 5.74) is 0. The molecule has 0 aromatic heterocycles. The van der Waals surface area contributed by atoms with E-state index in [2.05, 4.69) is 10.6 Å². The Morgan fingerprint density at radius 3 is 2.93 bits per heavy atom. The maximum atomic E-state index is 11.4. The molecule has 2 aliphatic rings. The maximum Gasteiger partial charge on any atom is 0.220 e. The molecule has 1 amide bonds. The summed E-state index contributed by atoms with van der Waals surface area (Å²) in [6.07, 6.45) is 4.10. The Balaban J connectivity index is 1.57. The van der Waals surface area contributed by atoms with E-state index in [-0.39, 0.29) is 5.91 Å². The molecule has 0 saturated carbocycles. The minimum atomic E-state index is 0.173. The highest BCUT2D eigenvalue weighted by molar-refractivity contribution is 5.76. The highest BCUT2D eigenvalue weighted by atomic mass is 16.5. The molecule has 4 nitrogen and oxygen atoms in total. The molecule has 0 aromatic carbocycles. The molecule has 0 bridgehead atoms. The molecule has 1 atom stereocenters. The van der Waals surface area contributed by atoms with Crippen LogP contribution in [0.4, 0.5) is 0 Å². The SMILES string of the molecule is O=C(CCC1CCCO1)NC1CNC1. The van der Waals surface area contributed by atoms with Crippen molar-refractivity contribution in [1.82, 2.24) is 10.6 Å². The van der Waals surface area contributed by atoms with Gasteiger partial charge in [-0.25, -0.2) is 0 Å². The van der Waals surface area contributed by atoms with Crippen LogP contribution in [0.2, 0.25) is 0 Å². The maximum absolute atomic E-state index is 11.4. The topological polar surface area (TPSA) is 50.4 Å². The lowest BCUT2D eigenvalue weighted by Crippen LogP contribution is -2.56. The van der Waals surface area contributed by atoms with Crippen LogP contribution >= 0.6 is 0 Å². The van der Waals surface area contributed by atoms with E-state index in [0.29, 0.717) is 18.6 Å². The molecule has 4 heteroatoms. The summed E-state index contributed by atoms with van der Waals surface area (Å²) >= 11 is 0. The van der Waals surface area contributed by atoms with Crippen molar-refractivity contribution in [1.29, 1.82) is 0 Å². The zero-order valence-corrected chi connectivity index (χ0v) is 8.42. The van der Waals surface area contributed by atoms with E-state index in [1.54, 1.807) is 0 Å². The summed E-state index contributed by atoms with van der Waals surface area (Å²) < 4.78 is 5.46. The van der Waals surface area contributed by atoms with Crippen molar-refractivity contribution in [2.24, 2.45) is 0 Å². The quantitative estimate of drug-likeness (QED) is 0.670. The van der Waals surface area contributed by atoms with Gasteiger partial charge in [0.1, 0.15) is 0 Å². The van der Waals surface area contributed by atoms with Gasteiger partial charge in [-0.2, -0.15) is 0 Å². The van der Waals surface area contributed by atoms with Gasteiger partial charge in [-0.1, -0.05) is 0 Å². The Morgan fingerprint density at radius 2 is 2.36 bits per heavy atom. The van der Waals surface area contributed by atoms with Gasteiger partial charge in [0.2, 0.25) is 5.91 Å². The van der Waals surface area contributed by atoms with Gasteiger partial charge in [0.25, 0.3) is 0 Å². The zero-order valence-electron chi connectivity index (χ0n) is 8.42. The minimum Gasteiger partial charge on any atom is -0.378 e. The number of ether oxygens (including phenoxy) is 1. The van der Waals surface area contributed by atoms with Crippen molar-refractivity contribution in [2.75, 3.05) is 19.7 Å². The third kappa shape index (κ3) is 2.69. The van der Waals surface area contributed by atoms with E-state index >= 15 is 0 Å². The number of carbonyl (C=O) groups excluding carboxylic acids is 1. The fourth-order valence-electron chi connectivity index (χ4n) is 1.85. The number of hydrogen-bond acceptors (Lipinski definition) is 3. The second-order valence-corrected chi connectivity index (χ2v) is 4.10. The number of hydrogen-bond donors (Lipinski definition) is 2. The summed E-state index contributed by atoms with van der Waals surface area (Å²) in [5.74, 6) is 0.173. The molecular weight excluding hydrogens is 180 g/mol. The second kappa shape index (κ2) is 4.75. The summed E-state index contributed by atoms with van der Waals surface area (Å²) in [7, 11) is 0. The number of amides is 1. The third-order valence-corrected chi connectivity index (χ3v) is 2.86. The molecular formula is C10H18N2O2. The van der Waals surface area contributed by atoms with E-state index in [4.69, 9.17) is 4.74 Å². The smallest absolute Gasteiger partial charge is 0.220 e. The van der Waals surface area contributed by atoms with Crippen molar-refractivity contribution in [3.8, 4) is 0 Å². The zero-order chi connectivity index (χ0) is 9.80. The van der Waals surface area contributed by atoms with Crippen LogP contribution in [0.5, 0.6) is 0 Å². The average molecular weight is 198 g/mol. The van der Waals surface area contributed by atoms with Crippen LogP contribution in [0.3, 0.4) is 0 Å². The first-order valence-electron chi connectivity index (χ1n) is 5.46. The first-order valence-corrected chi connectivity index (χ1v) is 5.46. The van der Waals surface area contributed by atoms with Gasteiger partial charge in [0.05, 0.1) is 12.1 Å². The lowest BCUT2D eigenvalue weighted by molar-refractivity contribution is -0.122. The fraction of sp³-hybridized carbons (Fsp3) is 0.900. The average Bonchev–Trinajstić information content (AvgIpc) is 2.60. The molecule has 2 N–H and O–H groups in total. The first-order chi connectivity index (χ1) is 6.84. The summed E-state index contributed by atoms with van der Waals surface area (Å²) in [4.78, 5) is 11.4. The molecule has 2 aliphatic heterocycles. The van der Waals surface area contributed by atoms with Crippen LogP contribution in [0.25, 0.3) is 0 Å². The van der Waals surface area contributed by atoms with Crippen LogP contribution in [0, 0.1) is 0 Å².